The molecule has 3 saturated heterocycles. The lowest BCUT2D eigenvalue weighted by Gasteiger charge is -2.29. The second-order valence-corrected chi connectivity index (χ2v) is 6.49. The first-order valence-corrected chi connectivity index (χ1v) is 8.30. The minimum Gasteiger partial charge on any atom is -0.403 e. The van der Waals surface area contributed by atoms with Crippen LogP contribution in [0.1, 0.15) is 12.8 Å². The maximum atomic E-state index is 13.1. The van der Waals surface area contributed by atoms with Crippen LogP contribution < -0.4 is 14.4 Å². The molecule has 0 N–H and O–H groups in total. The molecule has 7 nitrogen and oxygen atoms in total. The number of aromatic nitrogens is 2. The van der Waals surface area contributed by atoms with Gasteiger partial charge in [0, 0.05) is 37.8 Å². The summed E-state index contributed by atoms with van der Waals surface area (Å²) in [5.41, 5.74) is 0.515. The molecular formula is C16H16F2N4O3. The lowest BCUT2D eigenvalue weighted by atomic mass is 10.1. The minimum atomic E-state index is -3.64. The third kappa shape index (κ3) is 2.58. The highest BCUT2D eigenvalue weighted by molar-refractivity contribution is 5.61. The topological polar surface area (TPSA) is 63.9 Å². The van der Waals surface area contributed by atoms with Crippen molar-refractivity contribution in [2.45, 2.75) is 25.2 Å². The Morgan fingerprint density at radius 1 is 1.00 bits per heavy atom. The van der Waals surface area contributed by atoms with E-state index in [1.165, 1.54) is 12.1 Å². The van der Waals surface area contributed by atoms with Crippen molar-refractivity contribution < 1.29 is 22.7 Å². The van der Waals surface area contributed by atoms with Gasteiger partial charge in [0.05, 0.1) is 0 Å². The first-order chi connectivity index (χ1) is 12.1. The average molecular weight is 350 g/mol. The number of halogens is 2. The molecule has 1 aromatic carbocycles. The van der Waals surface area contributed by atoms with E-state index in [-0.39, 0.29) is 17.4 Å². The molecule has 1 aromatic heterocycles. The highest BCUT2D eigenvalue weighted by Gasteiger charge is 2.43. The Bertz CT molecular complexity index is 804. The maximum absolute atomic E-state index is 13.1. The summed E-state index contributed by atoms with van der Waals surface area (Å²) >= 11 is 0. The molecule has 0 saturated carbocycles. The zero-order chi connectivity index (χ0) is 17.0. The van der Waals surface area contributed by atoms with Gasteiger partial charge in [0.15, 0.2) is 11.5 Å². The van der Waals surface area contributed by atoms with Crippen LogP contribution in [0, 0.1) is 0 Å². The van der Waals surface area contributed by atoms with Crippen LogP contribution in [0.3, 0.4) is 0 Å². The Morgan fingerprint density at radius 3 is 2.64 bits per heavy atom. The van der Waals surface area contributed by atoms with Crippen molar-refractivity contribution in [1.29, 1.82) is 0 Å². The smallest absolute Gasteiger partial charge is 0.403 e. The van der Waals surface area contributed by atoms with Crippen LogP contribution in [0.5, 0.6) is 11.5 Å². The van der Waals surface area contributed by atoms with Crippen molar-refractivity contribution in [3.63, 3.8) is 0 Å². The van der Waals surface area contributed by atoms with Gasteiger partial charge in [0.2, 0.25) is 5.89 Å². The summed E-state index contributed by atoms with van der Waals surface area (Å²) in [6, 6.07) is 5.32. The molecule has 9 heteroatoms. The summed E-state index contributed by atoms with van der Waals surface area (Å²) < 4.78 is 41.0. The Balaban J connectivity index is 1.42. The predicted octanol–water partition coefficient (Wildman–Crippen LogP) is 2.34. The molecule has 2 aromatic rings. The molecular weight excluding hydrogens is 334 g/mol. The molecule has 25 heavy (non-hydrogen) atoms. The number of ether oxygens (including phenoxy) is 2. The number of anilines is 1. The van der Waals surface area contributed by atoms with E-state index in [1.54, 1.807) is 6.07 Å². The van der Waals surface area contributed by atoms with Crippen molar-refractivity contribution in [1.82, 2.24) is 15.1 Å². The summed E-state index contributed by atoms with van der Waals surface area (Å²) in [4.78, 5) is 4.59. The third-order valence-corrected chi connectivity index (χ3v) is 4.96. The summed E-state index contributed by atoms with van der Waals surface area (Å²) in [6.07, 6.45) is -1.48. The summed E-state index contributed by atoms with van der Waals surface area (Å²) in [7, 11) is 0. The molecule has 0 unspecified atom stereocenters. The SMILES string of the molecule is FC1(F)Oc2ccc(-c3nnc(N4CCN5CCC4CC5)o3)cc2O1. The first-order valence-electron chi connectivity index (χ1n) is 8.30. The Kier molecular flexibility index (Phi) is 3.15. The molecule has 6 rings (SSSR count). The number of hydrogen-bond donors (Lipinski definition) is 0. The number of rotatable bonds is 2. The van der Waals surface area contributed by atoms with Crippen molar-refractivity contribution >= 4 is 6.01 Å². The van der Waals surface area contributed by atoms with E-state index in [1.807, 2.05) is 0 Å². The van der Waals surface area contributed by atoms with Gasteiger partial charge in [-0.1, -0.05) is 5.10 Å². The zero-order valence-corrected chi connectivity index (χ0v) is 13.3. The van der Waals surface area contributed by atoms with Gasteiger partial charge < -0.3 is 23.7 Å². The summed E-state index contributed by atoms with van der Waals surface area (Å²) in [5.74, 6) is 0.228. The Morgan fingerprint density at radius 2 is 1.80 bits per heavy atom. The molecule has 0 amide bonds. The Labute approximate surface area is 142 Å². The van der Waals surface area contributed by atoms with E-state index in [2.05, 4.69) is 29.5 Å². The van der Waals surface area contributed by atoms with Crippen LogP contribution in [0.2, 0.25) is 0 Å². The number of fused-ring (bicyclic) bond motifs is 5. The number of alkyl halides is 2. The zero-order valence-electron chi connectivity index (χ0n) is 13.3. The van der Waals surface area contributed by atoms with Crippen LogP contribution in [0.15, 0.2) is 22.6 Å². The maximum Gasteiger partial charge on any atom is 0.586 e. The fourth-order valence-electron chi connectivity index (χ4n) is 3.67. The van der Waals surface area contributed by atoms with E-state index >= 15 is 0 Å². The van der Waals surface area contributed by atoms with Gasteiger partial charge >= 0.3 is 12.3 Å². The highest BCUT2D eigenvalue weighted by atomic mass is 19.3. The van der Waals surface area contributed by atoms with Crippen molar-refractivity contribution in [2.75, 3.05) is 31.1 Å². The van der Waals surface area contributed by atoms with Gasteiger partial charge in [-0.3, -0.25) is 0 Å². The Hall–Kier alpha value is -2.42. The van der Waals surface area contributed by atoms with Crippen LogP contribution >= 0.6 is 0 Å². The minimum absolute atomic E-state index is 0.00736. The van der Waals surface area contributed by atoms with E-state index in [0.29, 0.717) is 17.6 Å². The lowest BCUT2D eigenvalue weighted by Crippen LogP contribution is -2.38. The molecule has 0 radical (unpaired) electrons. The molecule has 4 aliphatic rings. The molecule has 0 atom stereocenters. The lowest BCUT2D eigenvalue weighted by molar-refractivity contribution is -0.286. The van der Waals surface area contributed by atoms with Crippen molar-refractivity contribution in [3.05, 3.63) is 18.2 Å². The molecule has 132 valence electrons. The second-order valence-electron chi connectivity index (χ2n) is 6.49. The fraction of sp³-hybridized carbons (Fsp3) is 0.500. The van der Waals surface area contributed by atoms with Crippen molar-refractivity contribution in [3.8, 4) is 23.0 Å². The molecule has 0 spiro atoms. The van der Waals surface area contributed by atoms with Gasteiger partial charge in [0.25, 0.3) is 0 Å². The fourth-order valence-corrected chi connectivity index (χ4v) is 3.67. The molecule has 5 heterocycles. The third-order valence-electron chi connectivity index (χ3n) is 4.96. The first kappa shape index (κ1) is 14.9. The van der Waals surface area contributed by atoms with Gasteiger partial charge in [-0.15, -0.1) is 13.9 Å². The van der Waals surface area contributed by atoms with Crippen LogP contribution in [-0.2, 0) is 0 Å². The van der Waals surface area contributed by atoms with E-state index in [9.17, 15) is 8.78 Å². The average Bonchev–Trinajstić information content (AvgIpc) is 3.06. The molecule has 2 bridgehead atoms. The molecule has 0 aliphatic carbocycles. The monoisotopic (exact) mass is 350 g/mol. The standard InChI is InChI=1S/C16H16F2N4O3/c17-16(18)24-12-2-1-10(9-13(12)25-16)14-19-20-15(23-14)22-8-7-21-5-3-11(22)4-6-21/h1-2,9,11H,3-8H2. The number of benzene rings is 1. The van der Waals surface area contributed by atoms with Gasteiger partial charge in [-0.25, -0.2) is 0 Å². The number of nitrogens with zero attached hydrogens (tertiary/aromatic N) is 4. The van der Waals surface area contributed by atoms with Crippen LogP contribution in [0.4, 0.5) is 14.8 Å². The van der Waals surface area contributed by atoms with Gasteiger partial charge in [0.1, 0.15) is 0 Å². The second kappa shape index (κ2) is 5.29. The van der Waals surface area contributed by atoms with E-state index in [4.69, 9.17) is 4.42 Å². The summed E-state index contributed by atoms with van der Waals surface area (Å²) in [6.45, 7) is 4.02. The summed E-state index contributed by atoms with van der Waals surface area (Å²) in [5, 5.41) is 8.25. The number of hydrogen-bond acceptors (Lipinski definition) is 7. The van der Waals surface area contributed by atoms with Crippen LogP contribution in [0.25, 0.3) is 11.5 Å². The molecule has 3 fully saturated rings. The normalized spacial score (nSPS) is 26.7. The van der Waals surface area contributed by atoms with Crippen molar-refractivity contribution in [2.24, 2.45) is 0 Å². The largest absolute Gasteiger partial charge is 0.586 e. The molecule has 4 aliphatic heterocycles. The van der Waals surface area contributed by atoms with E-state index < -0.39 is 6.29 Å². The number of piperidine rings is 1. The highest BCUT2D eigenvalue weighted by Crippen LogP contribution is 2.43. The predicted molar refractivity (Wildman–Crippen MR) is 82.7 cm³/mol. The van der Waals surface area contributed by atoms with Gasteiger partial charge in [-0.2, -0.15) is 0 Å². The van der Waals surface area contributed by atoms with E-state index in [0.717, 1.165) is 39.0 Å². The van der Waals surface area contributed by atoms with Gasteiger partial charge in [-0.05, 0) is 31.0 Å². The quantitative estimate of drug-likeness (QED) is 0.824. The van der Waals surface area contributed by atoms with Crippen LogP contribution in [-0.4, -0.2) is 53.6 Å².